The summed E-state index contributed by atoms with van der Waals surface area (Å²) in [4.78, 5) is 14.0. The normalized spacial score (nSPS) is 17.1. The molecule has 24 heavy (non-hydrogen) atoms. The zero-order valence-corrected chi connectivity index (χ0v) is 14.2. The number of hydrogen-bond acceptors (Lipinski definition) is 4. The van der Waals surface area contributed by atoms with E-state index in [9.17, 15) is 4.79 Å². The van der Waals surface area contributed by atoms with Crippen LogP contribution in [0.4, 0.5) is 0 Å². The van der Waals surface area contributed by atoms with Crippen LogP contribution in [0.1, 0.15) is 31.4 Å². The molecule has 1 amide bonds. The highest BCUT2D eigenvalue weighted by Gasteiger charge is 2.19. The predicted molar refractivity (Wildman–Crippen MR) is 93.5 cm³/mol. The second kappa shape index (κ2) is 8.11. The van der Waals surface area contributed by atoms with Gasteiger partial charge in [0.05, 0.1) is 0 Å². The zero-order chi connectivity index (χ0) is 16.8. The van der Waals surface area contributed by atoms with E-state index < -0.39 is 0 Å². The van der Waals surface area contributed by atoms with Crippen LogP contribution in [0, 0.1) is 0 Å². The van der Waals surface area contributed by atoms with Gasteiger partial charge in [-0.1, -0.05) is 35.5 Å². The van der Waals surface area contributed by atoms with Crippen molar-refractivity contribution in [2.24, 2.45) is 0 Å². The van der Waals surface area contributed by atoms with Crippen molar-refractivity contribution in [3.63, 3.8) is 0 Å². The number of carbonyl (C=O) groups excluding carboxylic acids is 1. The number of nitrogens with zero attached hydrogens (tertiary/aromatic N) is 2. The van der Waals surface area contributed by atoms with Crippen molar-refractivity contribution in [2.45, 2.75) is 38.1 Å². The lowest BCUT2D eigenvalue weighted by Gasteiger charge is -2.19. The number of aryl methyl sites for hydroxylation is 1. The fourth-order valence-electron chi connectivity index (χ4n) is 3.09. The first kappa shape index (κ1) is 16.7. The minimum Gasteiger partial charge on any atom is -0.361 e. The minimum absolute atomic E-state index is 0.219. The lowest BCUT2D eigenvalue weighted by atomic mass is 10.1. The second-order valence-electron chi connectivity index (χ2n) is 6.46. The summed E-state index contributed by atoms with van der Waals surface area (Å²) in [6.45, 7) is 1.78. The van der Waals surface area contributed by atoms with Crippen LogP contribution in [0.5, 0.6) is 0 Å². The van der Waals surface area contributed by atoms with E-state index >= 15 is 0 Å². The van der Waals surface area contributed by atoms with Gasteiger partial charge in [-0.25, -0.2) is 0 Å². The fourth-order valence-corrected chi connectivity index (χ4v) is 3.09. The SMILES string of the molecule is CN(CCCc1cc(-c2ccccc2)no1)C(=O)CC1CCCN1. The van der Waals surface area contributed by atoms with Crippen LogP contribution in [-0.2, 0) is 11.2 Å². The second-order valence-corrected chi connectivity index (χ2v) is 6.46. The third-order valence-corrected chi connectivity index (χ3v) is 4.55. The molecule has 1 N–H and O–H groups in total. The van der Waals surface area contributed by atoms with Gasteiger partial charge in [0.25, 0.3) is 0 Å². The largest absolute Gasteiger partial charge is 0.361 e. The molecule has 128 valence electrons. The first-order valence-corrected chi connectivity index (χ1v) is 8.71. The molecule has 1 saturated heterocycles. The van der Waals surface area contributed by atoms with E-state index in [2.05, 4.69) is 10.5 Å². The quantitative estimate of drug-likeness (QED) is 0.849. The number of aromatic nitrogens is 1. The lowest BCUT2D eigenvalue weighted by molar-refractivity contribution is -0.130. The molecular weight excluding hydrogens is 302 g/mol. The third-order valence-electron chi connectivity index (χ3n) is 4.55. The maximum atomic E-state index is 12.2. The zero-order valence-electron chi connectivity index (χ0n) is 14.2. The van der Waals surface area contributed by atoms with Crippen molar-refractivity contribution in [2.75, 3.05) is 20.1 Å². The van der Waals surface area contributed by atoms with E-state index in [0.29, 0.717) is 12.5 Å². The lowest BCUT2D eigenvalue weighted by Crippen LogP contribution is -2.34. The van der Waals surface area contributed by atoms with E-state index in [1.807, 2.05) is 48.3 Å². The average molecular weight is 327 g/mol. The van der Waals surface area contributed by atoms with Gasteiger partial charge in [0, 0.05) is 44.1 Å². The van der Waals surface area contributed by atoms with Crippen LogP contribution in [0.25, 0.3) is 11.3 Å². The number of amides is 1. The average Bonchev–Trinajstić information content (AvgIpc) is 3.27. The standard InChI is InChI=1S/C19H25N3O2/c1-22(19(23)13-16-9-5-11-20-16)12-6-10-17-14-18(21-24-17)15-7-3-2-4-8-15/h2-4,7-8,14,16,20H,5-6,9-13H2,1H3. The molecule has 1 fully saturated rings. The predicted octanol–water partition coefficient (Wildman–Crippen LogP) is 2.87. The molecule has 1 aromatic carbocycles. The summed E-state index contributed by atoms with van der Waals surface area (Å²) in [5, 5.41) is 7.50. The third kappa shape index (κ3) is 4.45. The van der Waals surface area contributed by atoms with Crippen LogP contribution in [0.15, 0.2) is 40.9 Å². The van der Waals surface area contributed by atoms with Gasteiger partial charge in [-0.3, -0.25) is 4.79 Å². The molecule has 0 radical (unpaired) electrons. The van der Waals surface area contributed by atoms with E-state index in [-0.39, 0.29) is 5.91 Å². The van der Waals surface area contributed by atoms with Crippen molar-refractivity contribution < 1.29 is 9.32 Å². The Hall–Kier alpha value is -2.14. The van der Waals surface area contributed by atoms with Crippen LogP contribution < -0.4 is 5.32 Å². The summed E-state index contributed by atoms with van der Waals surface area (Å²) in [7, 11) is 1.88. The minimum atomic E-state index is 0.219. The molecular formula is C19H25N3O2. The summed E-state index contributed by atoms with van der Waals surface area (Å²) < 4.78 is 5.41. The van der Waals surface area contributed by atoms with Gasteiger partial charge in [0.1, 0.15) is 11.5 Å². The molecule has 1 unspecified atom stereocenters. The molecule has 0 aliphatic carbocycles. The molecule has 0 bridgehead atoms. The van der Waals surface area contributed by atoms with E-state index in [0.717, 1.165) is 49.4 Å². The smallest absolute Gasteiger partial charge is 0.223 e. The number of benzene rings is 1. The summed E-state index contributed by atoms with van der Waals surface area (Å²) >= 11 is 0. The molecule has 1 aliphatic rings. The highest BCUT2D eigenvalue weighted by molar-refractivity contribution is 5.76. The van der Waals surface area contributed by atoms with Crippen LogP contribution >= 0.6 is 0 Å². The van der Waals surface area contributed by atoms with Gasteiger partial charge >= 0.3 is 0 Å². The van der Waals surface area contributed by atoms with Gasteiger partial charge in [0.15, 0.2) is 0 Å². The number of carbonyl (C=O) groups is 1. The number of hydrogen-bond donors (Lipinski definition) is 1. The van der Waals surface area contributed by atoms with E-state index in [1.165, 1.54) is 6.42 Å². The molecule has 1 aliphatic heterocycles. The summed E-state index contributed by atoms with van der Waals surface area (Å²) in [6.07, 6.45) is 4.57. The Kier molecular flexibility index (Phi) is 5.64. The Labute approximate surface area is 143 Å². The molecule has 1 aromatic heterocycles. The number of nitrogens with one attached hydrogen (secondary N) is 1. The summed E-state index contributed by atoms with van der Waals surface area (Å²) in [6, 6.07) is 12.4. The summed E-state index contributed by atoms with van der Waals surface area (Å²) in [5.74, 6) is 1.09. The highest BCUT2D eigenvalue weighted by Crippen LogP contribution is 2.19. The van der Waals surface area contributed by atoms with Crippen molar-refractivity contribution in [3.8, 4) is 11.3 Å². The van der Waals surface area contributed by atoms with Crippen molar-refractivity contribution in [1.82, 2.24) is 15.4 Å². The first-order chi connectivity index (χ1) is 11.7. The van der Waals surface area contributed by atoms with Gasteiger partial charge < -0.3 is 14.7 Å². The maximum absolute atomic E-state index is 12.2. The van der Waals surface area contributed by atoms with Gasteiger partial charge in [0.2, 0.25) is 5.91 Å². The van der Waals surface area contributed by atoms with Crippen LogP contribution in [0.2, 0.25) is 0 Å². The fraction of sp³-hybridized carbons (Fsp3) is 0.474. The Morgan fingerprint density at radius 2 is 2.21 bits per heavy atom. The first-order valence-electron chi connectivity index (χ1n) is 8.71. The molecule has 0 saturated carbocycles. The van der Waals surface area contributed by atoms with E-state index in [1.54, 1.807) is 0 Å². The molecule has 0 spiro atoms. The molecule has 1 atom stereocenters. The Bertz CT molecular complexity index is 648. The maximum Gasteiger partial charge on any atom is 0.223 e. The molecule has 2 heterocycles. The van der Waals surface area contributed by atoms with Crippen LogP contribution in [-0.4, -0.2) is 42.1 Å². The van der Waals surface area contributed by atoms with E-state index in [4.69, 9.17) is 4.52 Å². The van der Waals surface area contributed by atoms with Crippen LogP contribution in [0.3, 0.4) is 0 Å². The molecule has 2 aromatic rings. The Morgan fingerprint density at radius 1 is 1.38 bits per heavy atom. The molecule has 5 nitrogen and oxygen atoms in total. The highest BCUT2D eigenvalue weighted by atomic mass is 16.5. The van der Waals surface area contributed by atoms with Gasteiger partial charge in [-0.2, -0.15) is 0 Å². The molecule has 3 rings (SSSR count). The van der Waals surface area contributed by atoms with Crippen molar-refractivity contribution >= 4 is 5.91 Å². The summed E-state index contributed by atoms with van der Waals surface area (Å²) in [5.41, 5.74) is 1.92. The van der Waals surface area contributed by atoms with Gasteiger partial charge in [-0.05, 0) is 25.8 Å². The number of rotatable bonds is 7. The monoisotopic (exact) mass is 327 g/mol. The van der Waals surface area contributed by atoms with Crippen molar-refractivity contribution in [3.05, 3.63) is 42.2 Å². The van der Waals surface area contributed by atoms with Gasteiger partial charge in [-0.15, -0.1) is 0 Å². The molecule has 5 heteroatoms. The topological polar surface area (TPSA) is 58.4 Å². The van der Waals surface area contributed by atoms with Crippen molar-refractivity contribution in [1.29, 1.82) is 0 Å². The Balaban J connectivity index is 1.43. The Morgan fingerprint density at radius 3 is 2.96 bits per heavy atom.